The topological polar surface area (TPSA) is 85.2 Å². The molecule has 0 atom stereocenters. The van der Waals surface area contributed by atoms with E-state index < -0.39 is 4.92 Å². The molecule has 8 nitrogen and oxygen atoms in total. The summed E-state index contributed by atoms with van der Waals surface area (Å²) in [6.07, 6.45) is 0. The van der Waals surface area contributed by atoms with Crippen LogP contribution in [0.1, 0.15) is 0 Å². The molecule has 1 heterocycles. The highest BCUT2D eigenvalue weighted by Gasteiger charge is 2.22. The van der Waals surface area contributed by atoms with Crippen LogP contribution in [0.15, 0.2) is 48.5 Å². The molecule has 142 valence electrons. The van der Waals surface area contributed by atoms with Crippen molar-refractivity contribution in [3.05, 3.63) is 58.6 Å². The average molecular weight is 371 g/mol. The number of hydrogen-bond donors (Lipinski definition) is 0. The maximum Gasteiger partial charge on any atom is 0.269 e. The van der Waals surface area contributed by atoms with Crippen LogP contribution in [0, 0.1) is 10.1 Å². The molecule has 0 saturated carbocycles. The Balaban J connectivity index is 1.48. The van der Waals surface area contributed by atoms with Crippen LogP contribution in [0.5, 0.6) is 11.5 Å². The number of rotatable bonds is 6. The smallest absolute Gasteiger partial charge is 0.269 e. The zero-order chi connectivity index (χ0) is 19.2. The van der Waals surface area contributed by atoms with Gasteiger partial charge in [0.2, 0.25) is 0 Å². The molecular formula is C19H21N3O5. The fraction of sp³-hybridized carbons (Fsp3) is 0.316. The Bertz CT molecular complexity index is 801. The summed E-state index contributed by atoms with van der Waals surface area (Å²) in [7, 11) is 1.64. The van der Waals surface area contributed by atoms with Gasteiger partial charge in [-0.15, -0.1) is 0 Å². The summed E-state index contributed by atoms with van der Waals surface area (Å²) in [5, 5.41) is 10.6. The van der Waals surface area contributed by atoms with Gasteiger partial charge in [-0.2, -0.15) is 0 Å². The van der Waals surface area contributed by atoms with Gasteiger partial charge in [-0.3, -0.25) is 14.9 Å². The lowest BCUT2D eigenvalue weighted by molar-refractivity contribution is -0.384. The second-order valence-electron chi connectivity index (χ2n) is 6.11. The Morgan fingerprint density at radius 2 is 1.78 bits per heavy atom. The van der Waals surface area contributed by atoms with Gasteiger partial charge >= 0.3 is 0 Å². The number of hydrogen-bond acceptors (Lipinski definition) is 6. The van der Waals surface area contributed by atoms with Gasteiger partial charge in [0.15, 0.2) is 6.61 Å². The molecule has 1 saturated heterocycles. The molecule has 8 heteroatoms. The lowest BCUT2D eigenvalue weighted by atomic mass is 10.2. The molecule has 1 amide bonds. The Morgan fingerprint density at radius 3 is 2.41 bits per heavy atom. The highest BCUT2D eigenvalue weighted by molar-refractivity contribution is 5.78. The fourth-order valence-electron chi connectivity index (χ4n) is 2.92. The lowest BCUT2D eigenvalue weighted by Gasteiger charge is -2.36. The van der Waals surface area contributed by atoms with Crippen molar-refractivity contribution >= 4 is 17.3 Å². The molecule has 1 aliphatic rings. The third kappa shape index (κ3) is 4.66. The summed E-state index contributed by atoms with van der Waals surface area (Å²) >= 11 is 0. The second kappa shape index (κ2) is 8.39. The fourth-order valence-corrected chi connectivity index (χ4v) is 2.92. The van der Waals surface area contributed by atoms with Gasteiger partial charge in [-0.05, 0) is 24.3 Å². The van der Waals surface area contributed by atoms with E-state index in [0.717, 1.165) is 24.5 Å². The minimum absolute atomic E-state index is 0.0117. The van der Waals surface area contributed by atoms with Gasteiger partial charge < -0.3 is 19.3 Å². The first-order chi connectivity index (χ1) is 13.1. The molecule has 0 aliphatic carbocycles. The third-order valence-corrected chi connectivity index (χ3v) is 4.46. The van der Waals surface area contributed by atoms with Gasteiger partial charge in [-0.1, -0.05) is 6.07 Å². The minimum atomic E-state index is -0.475. The summed E-state index contributed by atoms with van der Waals surface area (Å²) < 4.78 is 10.7. The standard InChI is InChI=1S/C19H21N3O5/c1-26-18-4-2-3-16(13-18)20-9-11-21(12-10-20)19(23)14-27-17-7-5-15(6-8-17)22(24)25/h2-8,13H,9-12,14H2,1H3. The molecule has 0 bridgehead atoms. The van der Waals surface area contributed by atoms with Crippen molar-refractivity contribution in [1.29, 1.82) is 0 Å². The molecule has 1 aliphatic heterocycles. The molecule has 0 radical (unpaired) electrons. The number of nitrogens with zero attached hydrogens (tertiary/aromatic N) is 3. The first-order valence-electron chi connectivity index (χ1n) is 8.61. The van der Waals surface area contributed by atoms with Crippen molar-refractivity contribution in [3.63, 3.8) is 0 Å². The highest BCUT2D eigenvalue weighted by atomic mass is 16.6. The van der Waals surface area contributed by atoms with E-state index in [9.17, 15) is 14.9 Å². The van der Waals surface area contributed by atoms with Gasteiger partial charge in [0.1, 0.15) is 11.5 Å². The van der Waals surface area contributed by atoms with E-state index in [2.05, 4.69) is 4.90 Å². The van der Waals surface area contributed by atoms with E-state index in [1.165, 1.54) is 24.3 Å². The van der Waals surface area contributed by atoms with Crippen molar-refractivity contribution in [2.24, 2.45) is 0 Å². The quantitative estimate of drug-likeness (QED) is 0.572. The minimum Gasteiger partial charge on any atom is -0.497 e. The van der Waals surface area contributed by atoms with Crippen LogP contribution >= 0.6 is 0 Å². The third-order valence-electron chi connectivity index (χ3n) is 4.46. The SMILES string of the molecule is COc1cccc(N2CCN(C(=O)COc3ccc([N+](=O)[O-])cc3)CC2)c1. The van der Waals surface area contributed by atoms with Crippen LogP contribution in [-0.2, 0) is 4.79 Å². The number of carbonyl (C=O) groups excluding carboxylic acids is 1. The normalized spacial score (nSPS) is 14.0. The molecule has 0 spiro atoms. The maximum absolute atomic E-state index is 12.3. The molecule has 2 aromatic carbocycles. The summed E-state index contributed by atoms with van der Waals surface area (Å²) in [4.78, 5) is 26.5. The number of anilines is 1. The summed E-state index contributed by atoms with van der Waals surface area (Å²) in [5.74, 6) is 1.14. The lowest BCUT2D eigenvalue weighted by Crippen LogP contribution is -2.50. The van der Waals surface area contributed by atoms with Crippen LogP contribution in [0.25, 0.3) is 0 Å². The molecule has 0 aromatic heterocycles. The summed E-state index contributed by atoms with van der Waals surface area (Å²) in [6, 6.07) is 13.5. The zero-order valence-corrected chi connectivity index (χ0v) is 15.0. The van der Waals surface area contributed by atoms with Gasteiger partial charge in [0.25, 0.3) is 11.6 Å². The maximum atomic E-state index is 12.3. The van der Waals surface area contributed by atoms with E-state index >= 15 is 0 Å². The Labute approximate surface area is 157 Å². The summed E-state index contributed by atoms with van der Waals surface area (Å²) in [6.45, 7) is 2.60. The second-order valence-corrected chi connectivity index (χ2v) is 6.11. The molecule has 0 unspecified atom stereocenters. The van der Waals surface area contributed by atoms with E-state index in [4.69, 9.17) is 9.47 Å². The number of nitro benzene ring substituents is 1. The molecule has 0 N–H and O–H groups in total. The highest BCUT2D eigenvalue weighted by Crippen LogP contribution is 2.22. The average Bonchev–Trinajstić information content (AvgIpc) is 2.72. The van der Waals surface area contributed by atoms with Gasteiger partial charge in [-0.25, -0.2) is 0 Å². The van der Waals surface area contributed by atoms with Gasteiger partial charge in [0, 0.05) is 50.1 Å². The van der Waals surface area contributed by atoms with Crippen LogP contribution in [0.3, 0.4) is 0 Å². The number of amides is 1. The predicted molar refractivity (Wildman–Crippen MR) is 100 cm³/mol. The van der Waals surface area contributed by atoms with Crippen molar-refractivity contribution in [2.45, 2.75) is 0 Å². The van der Waals surface area contributed by atoms with Crippen molar-refractivity contribution in [2.75, 3.05) is 44.8 Å². The van der Waals surface area contributed by atoms with Gasteiger partial charge in [0.05, 0.1) is 12.0 Å². The van der Waals surface area contributed by atoms with Crippen LogP contribution in [0.4, 0.5) is 11.4 Å². The van der Waals surface area contributed by atoms with Crippen molar-refractivity contribution in [3.8, 4) is 11.5 Å². The zero-order valence-electron chi connectivity index (χ0n) is 15.0. The monoisotopic (exact) mass is 371 g/mol. The molecular weight excluding hydrogens is 350 g/mol. The first-order valence-corrected chi connectivity index (χ1v) is 8.61. The number of piperazine rings is 1. The van der Waals surface area contributed by atoms with E-state index in [1.54, 1.807) is 12.0 Å². The first kappa shape index (κ1) is 18.5. The van der Waals surface area contributed by atoms with Crippen molar-refractivity contribution < 1.29 is 19.2 Å². The molecule has 2 aromatic rings. The predicted octanol–water partition coefficient (Wildman–Crippen LogP) is 2.33. The molecule has 3 rings (SSSR count). The Hall–Kier alpha value is -3.29. The Morgan fingerprint density at radius 1 is 1.07 bits per heavy atom. The molecule has 27 heavy (non-hydrogen) atoms. The molecule has 1 fully saturated rings. The van der Waals surface area contributed by atoms with Crippen molar-refractivity contribution in [1.82, 2.24) is 4.90 Å². The number of benzene rings is 2. The van der Waals surface area contributed by atoms with E-state index in [0.29, 0.717) is 18.8 Å². The summed E-state index contributed by atoms with van der Waals surface area (Å²) in [5.41, 5.74) is 1.06. The number of non-ortho nitro benzene ring substituents is 1. The largest absolute Gasteiger partial charge is 0.497 e. The number of carbonyl (C=O) groups is 1. The number of nitro groups is 1. The van der Waals surface area contributed by atoms with Crippen LogP contribution in [0.2, 0.25) is 0 Å². The van der Waals surface area contributed by atoms with E-state index in [1.807, 2.05) is 24.3 Å². The van der Waals surface area contributed by atoms with Crippen LogP contribution in [-0.4, -0.2) is 55.6 Å². The number of ether oxygens (including phenoxy) is 2. The van der Waals surface area contributed by atoms with Crippen LogP contribution < -0.4 is 14.4 Å². The Kier molecular flexibility index (Phi) is 5.75. The number of methoxy groups -OCH3 is 1. The van der Waals surface area contributed by atoms with E-state index in [-0.39, 0.29) is 18.2 Å².